The Bertz CT molecular complexity index is 777. The number of benzene rings is 1. The Morgan fingerprint density at radius 3 is 2.24 bits per heavy atom. The Morgan fingerprint density at radius 2 is 1.70 bits per heavy atom. The number of hydrogen-bond acceptors (Lipinski definition) is 5. The minimum absolute atomic E-state index is 0.0225. The molecule has 7 heteroatoms. The van der Waals surface area contributed by atoms with Gasteiger partial charge in [-0.1, -0.05) is 43.2 Å². The Labute approximate surface area is 196 Å². The summed E-state index contributed by atoms with van der Waals surface area (Å²) in [4.78, 5) is 39.5. The molecule has 2 aliphatic rings. The van der Waals surface area contributed by atoms with Crippen LogP contribution >= 0.6 is 0 Å². The number of carboxylic acid groups (broad SMARTS) is 1. The predicted molar refractivity (Wildman–Crippen MR) is 126 cm³/mol. The standard InChI is InChI=1S/C26H38N2O5/c1-3-33-26(32)22(16-15-19-9-5-4-6-10-19)27-18(2)25(31)28(17-23(29)30)24-20-11-7-12-21(24)14-8-13-20/h4-6,9-10,18,20-22,24,27H,3,7-8,11-17H2,1-2H3,(H,29,30)/t18-,20?,21?,22+,24?/m0/s1. The Balaban J connectivity index is 1.72. The third-order valence-corrected chi connectivity index (χ3v) is 7.17. The summed E-state index contributed by atoms with van der Waals surface area (Å²) >= 11 is 0. The van der Waals surface area contributed by atoms with E-state index in [1.807, 2.05) is 30.3 Å². The van der Waals surface area contributed by atoms with E-state index in [2.05, 4.69) is 5.32 Å². The van der Waals surface area contributed by atoms with Gasteiger partial charge >= 0.3 is 11.9 Å². The number of nitrogens with zero attached hydrogens (tertiary/aromatic N) is 1. The molecule has 1 aromatic rings. The molecule has 3 rings (SSSR count). The maximum atomic E-state index is 13.5. The fourth-order valence-corrected chi connectivity index (χ4v) is 5.72. The number of rotatable bonds is 11. The second-order valence-corrected chi connectivity index (χ2v) is 9.45. The lowest BCUT2D eigenvalue weighted by molar-refractivity contribution is -0.152. The van der Waals surface area contributed by atoms with Crippen LogP contribution in [0.3, 0.4) is 0 Å². The van der Waals surface area contributed by atoms with Gasteiger partial charge in [0.1, 0.15) is 12.6 Å². The highest BCUT2D eigenvalue weighted by molar-refractivity contribution is 5.86. The lowest BCUT2D eigenvalue weighted by Gasteiger charge is -2.48. The molecule has 1 aromatic carbocycles. The van der Waals surface area contributed by atoms with Crippen molar-refractivity contribution in [3.63, 3.8) is 0 Å². The van der Waals surface area contributed by atoms with Gasteiger partial charge in [0.05, 0.1) is 12.6 Å². The van der Waals surface area contributed by atoms with Crippen LogP contribution in [0, 0.1) is 11.8 Å². The molecule has 2 saturated carbocycles. The summed E-state index contributed by atoms with van der Waals surface area (Å²) in [6.45, 7) is 3.46. The molecule has 0 radical (unpaired) electrons. The first-order chi connectivity index (χ1) is 15.9. The fourth-order valence-electron chi connectivity index (χ4n) is 5.72. The Kier molecular flexibility index (Phi) is 9.30. The average molecular weight is 459 g/mol. The maximum absolute atomic E-state index is 13.5. The third-order valence-electron chi connectivity index (χ3n) is 7.17. The normalized spacial score (nSPS) is 23.9. The molecule has 2 bridgehead atoms. The van der Waals surface area contributed by atoms with Gasteiger partial charge in [-0.25, -0.2) is 0 Å². The van der Waals surface area contributed by atoms with Crippen molar-refractivity contribution in [2.75, 3.05) is 13.2 Å². The topological polar surface area (TPSA) is 95.9 Å². The molecule has 0 saturated heterocycles. The summed E-state index contributed by atoms with van der Waals surface area (Å²) in [5.74, 6) is -0.883. The number of ether oxygens (including phenoxy) is 1. The van der Waals surface area contributed by atoms with Crippen LogP contribution in [0.1, 0.15) is 64.4 Å². The molecule has 0 aromatic heterocycles. The average Bonchev–Trinajstić information content (AvgIpc) is 2.79. The van der Waals surface area contributed by atoms with Crippen molar-refractivity contribution in [1.82, 2.24) is 10.2 Å². The lowest BCUT2D eigenvalue weighted by Crippen LogP contribution is -2.59. The molecule has 2 aliphatic carbocycles. The van der Waals surface area contributed by atoms with E-state index in [0.29, 0.717) is 24.7 Å². The number of carbonyl (C=O) groups excluding carboxylic acids is 2. The molecule has 0 spiro atoms. The first kappa shape index (κ1) is 25.2. The van der Waals surface area contributed by atoms with Crippen LogP contribution < -0.4 is 5.32 Å². The van der Waals surface area contributed by atoms with E-state index in [0.717, 1.165) is 44.1 Å². The van der Waals surface area contributed by atoms with Gasteiger partial charge < -0.3 is 14.7 Å². The largest absolute Gasteiger partial charge is 0.480 e. The van der Waals surface area contributed by atoms with Gasteiger partial charge in [-0.15, -0.1) is 0 Å². The van der Waals surface area contributed by atoms with Gasteiger partial charge in [0.25, 0.3) is 0 Å². The number of carbonyl (C=O) groups is 3. The van der Waals surface area contributed by atoms with E-state index in [1.165, 1.54) is 0 Å². The number of aryl methyl sites for hydroxylation is 1. The van der Waals surface area contributed by atoms with Crippen molar-refractivity contribution >= 4 is 17.8 Å². The molecule has 0 unspecified atom stereocenters. The SMILES string of the molecule is CCOC(=O)[C@@H](CCc1ccccc1)N[C@@H](C)C(=O)N(CC(=O)O)C1C2CCCC1CCC2. The zero-order chi connectivity index (χ0) is 23.8. The smallest absolute Gasteiger partial charge is 0.323 e. The summed E-state index contributed by atoms with van der Waals surface area (Å²) in [7, 11) is 0. The van der Waals surface area contributed by atoms with E-state index < -0.39 is 18.1 Å². The molecular weight excluding hydrogens is 420 g/mol. The van der Waals surface area contributed by atoms with Gasteiger partial charge in [-0.2, -0.15) is 0 Å². The van der Waals surface area contributed by atoms with Gasteiger partial charge in [-0.3, -0.25) is 19.7 Å². The van der Waals surface area contributed by atoms with E-state index >= 15 is 0 Å². The molecule has 0 heterocycles. The monoisotopic (exact) mass is 458 g/mol. The molecule has 33 heavy (non-hydrogen) atoms. The number of carboxylic acids is 1. The van der Waals surface area contributed by atoms with Crippen LogP contribution in [0.4, 0.5) is 0 Å². The summed E-state index contributed by atoms with van der Waals surface area (Å²) in [5.41, 5.74) is 1.11. The molecule has 7 nitrogen and oxygen atoms in total. The van der Waals surface area contributed by atoms with Gasteiger partial charge in [0, 0.05) is 6.04 Å². The van der Waals surface area contributed by atoms with Crippen molar-refractivity contribution in [3.8, 4) is 0 Å². The Morgan fingerprint density at radius 1 is 1.09 bits per heavy atom. The first-order valence-corrected chi connectivity index (χ1v) is 12.4. The molecule has 2 N–H and O–H groups in total. The minimum Gasteiger partial charge on any atom is -0.480 e. The van der Waals surface area contributed by atoms with Crippen LogP contribution in [0.25, 0.3) is 0 Å². The second kappa shape index (κ2) is 12.2. The zero-order valence-electron chi connectivity index (χ0n) is 19.9. The van der Waals surface area contributed by atoms with Crippen LogP contribution in [-0.4, -0.2) is 59.1 Å². The van der Waals surface area contributed by atoms with Crippen molar-refractivity contribution in [1.29, 1.82) is 0 Å². The lowest BCUT2D eigenvalue weighted by atomic mass is 9.67. The van der Waals surface area contributed by atoms with Crippen LogP contribution in [0.15, 0.2) is 30.3 Å². The molecule has 0 aliphatic heterocycles. The van der Waals surface area contributed by atoms with E-state index in [1.54, 1.807) is 18.7 Å². The number of esters is 1. The van der Waals surface area contributed by atoms with Crippen molar-refractivity contribution < 1.29 is 24.2 Å². The third kappa shape index (κ3) is 6.79. The van der Waals surface area contributed by atoms with Crippen molar-refractivity contribution in [2.24, 2.45) is 11.8 Å². The van der Waals surface area contributed by atoms with Crippen LogP contribution in [0.2, 0.25) is 0 Å². The number of aliphatic carboxylic acids is 1. The highest BCUT2D eigenvalue weighted by atomic mass is 16.5. The first-order valence-electron chi connectivity index (χ1n) is 12.4. The molecule has 182 valence electrons. The number of fused-ring (bicyclic) bond motifs is 2. The van der Waals surface area contributed by atoms with Crippen molar-refractivity contribution in [3.05, 3.63) is 35.9 Å². The van der Waals surface area contributed by atoms with Crippen LogP contribution in [0.5, 0.6) is 0 Å². The summed E-state index contributed by atoms with van der Waals surface area (Å²) in [5, 5.41) is 12.7. The van der Waals surface area contributed by atoms with Gasteiger partial charge in [-0.05, 0) is 69.8 Å². The van der Waals surface area contributed by atoms with E-state index in [9.17, 15) is 19.5 Å². The van der Waals surface area contributed by atoms with E-state index in [-0.39, 0.29) is 31.1 Å². The summed E-state index contributed by atoms with van der Waals surface area (Å²) in [6.07, 6.45) is 7.67. The van der Waals surface area contributed by atoms with Crippen molar-refractivity contribution in [2.45, 2.75) is 83.3 Å². The maximum Gasteiger partial charge on any atom is 0.323 e. The van der Waals surface area contributed by atoms with E-state index in [4.69, 9.17) is 4.74 Å². The molecule has 1 amide bonds. The Hall–Kier alpha value is -2.41. The number of nitrogens with one attached hydrogen (secondary N) is 1. The number of amides is 1. The van der Waals surface area contributed by atoms with Gasteiger partial charge in [0.15, 0.2) is 0 Å². The highest BCUT2D eigenvalue weighted by Crippen LogP contribution is 2.42. The quantitative estimate of drug-likeness (QED) is 0.494. The zero-order valence-corrected chi connectivity index (χ0v) is 19.9. The molecule has 2 fully saturated rings. The fraction of sp³-hybridized carbons (Fsp3) is 0.654. The minimum atomic E-state index is -0.995. The predicted octanol–water partition coefficient (Wildman–Crippen LogP) is 3.41. The second-order valence-electron chi connectivity index (χ2n) is 9.45. The van der Waals surface area contributed by atoms with Crippen LogP contribution in [-0.2, 0) is 25.5 Å². The number of hydrogen-bond donors (Lipinski definition) is 2. The molecule has 2 atom stereocenters. The summed E-state index contributed by atoms with van der Waals surface area (Å²) in [6, 6.07) is 8.53. The highest BCUT2D eigenvalue weighted by Gasteiger charge is 2.43. The van der Waals surface area contributed by atoms with Gasteiger partial charge in [0.2, 0.25) is 5.91 Å². The summed E-state index contributed by atoms with van der Waals surface area (Å²) < 4.78 is 5.25. The molecular formula is C26H38N2O5.